The molecule has 2 aromatic rings. The number of amides is 2. The lowest BCUT2D eigenvalue weighted by molar-refractivity contribution is 0.142. The average molecular weight is 351 g/mol. The molecule has 1 saturated heterocycles. The maximum Gasteiger partial charge on any atom is 0.322 e. The van der Waals surface area contributed by atoms with Gasteiger partial charge in [0.25, 0.3) is 0 Å². The predicted molar refractivity (Wildman–Crippen MR) is 89.4 cm³/mol. The Kier molecular flexibility index (Phi) is 4.89. The van der Waals surface area contributed by atoms with Crippen LogP contribution in [0.3, 0.4) is 0 Å². The van der Waals surface area contributed by atoms with Crippen molar-refractivity contribution in [2.75, 3.05) is 19.0 Å². The van der Waals surface area contributed by atoms with Gasteiger partial charge >= 0.3 is 6.03 Å². The van der Waals surface area contributed by atoms with Gasteiger partial charge in [0.1, 0.15) is 11.8 Å². The first-order valence-corrected chi connectivity index (χ1v) is 8.17. The third-order valence-corrected chi connectivity index (χ3v) is 4.23. The number of aryl methyl sites for hydroxylation is 1. The summed E-state index contributed by atoms with van der Waals surface area (Å²) in [5.41, 5.74) is 0.529. The van der Waals surface area contributed by atoms with E-state index in [2.05, 4.69) is 15.5 Å². The van der Waals surface area contributed by atoms with Crippen molar-refractivity contribution >= 4 is 23.3 Å². The molecule has 1 fully saturated rings. The van der Waals surface area contributed by atoms with E-state index in [9.17, 15) is 4.79 Å². The SMILES string of the molecule is COc1ccc(Cl)cc1NC(=O)N1CCCC[C@@H]1c1nc(C)no1. The number of hydrogen-bond donors (Lipinski definition) is 1. The fourth-order valence-corrected chi connectivity index (χ4v) is 3.02. The molecule has 24 heavy (non-hydrogen) atoms. The second kappa shape index (κ2) is 7.09. The summed E-state index contributed by atoms with van der Waals surface area (Å²) in [6, 6.07) is 4.63. The summed E-state index contributed by atoms with van der Waals surface area (Å²) in [4.78, 5) is 18.8. The lowest BCUT2D eigenvalue weighted by atomic mass is 10.0. The van der Waals surface area contributed by atoms with Crippen LogP contribution in [-0.2, 0) is 0 Å². The molecule has 3 rings (SSSR count). The molecule has 0 spiro atoms. The molecule has 0 aliphatic carbocycles. The van der Waals surface area contributed by atoms with Gasteiger partial charge in [-0.05, 0) is 44.4 Å². The molecule has 0 unspecified atom stereocenters. The number of hydrogen-bond acceptors (Lipinski definition) is 5. The molecule has 0 radical (unpaired) electrons. The number of nitrogens with one attached hydrogen (secondary N) is 1. The Balaban J connectivity index is 1.81. The summed E-state index contributed by atoms with van der Waals surface area (Å²) < 4.78 is 10.5. The number of likely N-dealkylation sites (tertiary alicyclic amines) is 1. The highest BCUT2D eigenvalue weighted by Crippen LogP contribution is 2.32. The van der Waals surface area contributed by atoms with E-state index in [1.165, 1.54) is 0 Å². The highest BCUT2D eigenvalue weighted by atomic mass is 35.5. The zero-order chi connectivity index (χ0) is 17.1. The number of piperidine rings is 1. The van der Waals surface area contributed by atoms with E-state index < -0.39 is 0 Å². The van der Waals surface area contributed by atoms with Crippen LogP contribution in [-0.4, -0.2) is 34.7 Å². The molecule has 1 aliphatic rings. The highest BCUT2D eigenvalue weighted by Gasteiger charge is 2.32. The standard InChI is InChI=1S/C16H19ClN4O3/c1-10-18-15(24-20-10)13-5-3-4-8-21(13)16(22)19-12-9-11(17)6-7-14(12)23-2/h6-7,9,13H,3-5,8H2,1-2H3,(H,19,22)/t13-/m1/s1. The van der Waals surface area contributed by atoms with E-state index in [-0.39, 0.29) is 12.1 Å². The third kappa shape index (κ3) is 3.46. The van der Waals surface area contributed by atoms with Crippen LogP contribution in [0.5, 0.6) is 5.75 Å². The number of methoxy groups -OCH3 is 1. The van der Waals surface area contributed by atoms with E-state index >= 15 is 0 Å². The molecule has 2 heterocycles. The molecule has 1 aromatic carbocycles. The van der Waals surface area contributed by atoms with Crippen molar-refractivity contribution in [2.45, 2.75) is 32.2 Å². The topological polar surface area (TPSA) is 80.5 Å². The van der Waals surface area contributed by atoms with Crippen LogP contribution in [0.25, 0.3) is 0 Å². The monoisotopic (exact) mass is 350 g/mol. The number of ether oxygens (including phenoxy) is 1. The van der Waals surface area contributed by atoms with Gasteiger partial charge in [-0.3, -0.25) is 0 Å². The number of urea groups is 1. The van der Waals surface area contributed by atoms with Gasteiger partial charge in [-0.25, -0.2) is 4.79 Å². The molecule has 2 amide bonds. The van der Waals surface area contributed by atoms with Gasteiger partial charge in [0, 0.05) is 11.6 Å². The summed E-state index contributed by atoms with van der Waals surface area (Å²) in [6.45, 7) is 2.39. The summed E-state index contributed by atoms with van der Waals surface area (Å²) in [5, 5.41) is 7.21. The molecule has 0 bridgehead atoms. The molecule has 1 aromatic heterocycles. The summed E-state index contributed by atoms with van der Waals surface area (Å²) in [7, 11) is 1.55. The quantitative estimate of drug-likeness (QED) is 0.910. The summed E-state index contributed by atoms with van der Waals surface area (Å²) >= 11 is 6.02. The van der Waals surface area contributed by atoms with Gasteiger partial charge in [-0.15, -0.1) is 0 Å². The Morgan fingerprint density at radius 1 is 1.46 bits per heavy atom. The summed E-state index contributed by atoms with van der Waals surface area (Å²) in [5.74, 6) is 1.59. The van der Waals surface area contributed by atoms with E-state index in [0.717, 1.165) is 19.3 Å². The van der Waals surface area contributed by atoms with Crippen molar-refractivity contribution in [1.82, 2.24) is 15.0 Å². The minimum atomic E-state index is -0.240. The van der Waals surface area contributed by atoms with Gasteiger partial charge in [-0.2, -0.15) is 4.98 Å². The van der Waals surface area contributed by atoms with Crippen LogP contribution >= 0.6 is 11.6 Å². The van der Waals surface area contributed by atoms with Crippen LogP contribution in [0.15, 0.2) is 22.7 Å². The van der Waals surface area contributed by atoms with E-state index in [4.69, 9.17) is 20.9 Å². The summed E-state index contributed by atoms with van der Waals surface area (Å²) in [6.07, 6.45) is 2.74. The van der Waals surface area contributed by atoms with Crippen LogP contribution < -0.4 is 10.1 Å². The zero-order valence-corrected chi connectivity index (χ0v) is 14.3. The van der Waals surface area contributed by atoms with Gasteiger partial charge in [-0.1, -0.05) is 16.8 Å². The van der Waals surface area contributed by atoms with Crippen LogP contribution in [0, 0.1) is 6.92 Å². The van der Waals surface area contributed by atoms with E-state index in [1.807, 2.05) is 0 Å². The Morgan fingerprint density at radius 2 is 2.29 bits per heavy atom. The molecular formula is C16H19ClN4O3. The first kappa shape index (κ1) is 16.6. The smallest absolute Gasteiger partial charge is 0.322 e. The average Bonchev–Trinajstić information content (AvgIpc) is 3.01. The Labute approximate surface area is 144 Å². The molecule has 7 nitrogen and oxygen atoms in total. The second-order valence-corrected chi connectivity index (χ2v) is 6.10. The molecule has 1 aliphatic heterocycles. The largest absolute Gasteiger partial charge is 0.495 e. The Hall–Kier alpha value is -2.28. The number of carbonyl (C=O) groups excluding carboxylic acids is 1. The fraction of sp³-hybridized carbons (Fsp3) is 0.438. The number of anilines is 1. The maximum atomic E-state index is 12.8. The predicted octanol–water partition coefficient (Wildman–Crippen LogP) is 3.80. The van der Waals surface area contributed by atoms with Crippen molar-refractivity contribution in [3.05, 3.63) is 34.9 Å². The molecule has 0 saturated carbocycles. The third-order valence-electron chi connectivity index (χ3n) is 4.00. The van der Waals surface area contributed by atoms with Crippen LogP contribution in [0.1, 0.15) is 37.0 Å². The number of rotatable bonds is 3. The number of carbonyl (C=O) groups is 1. The molecular weight excluding hydrogens is 332 g/mol. The molecule has 128 valence electrons. The fourth-order valence-electron chi connectivity index (χ4n) is 2.84. The van der Waals surface area contributed by atoms with Crippen LogP contribution in [0.2, 0.25) is 5.02 Å². The Morgan fingerprint density at radius 3 is 3.00 bits per heavy atom. The van der Waals surface area contributed by atoms with Crippen LogP contribution in [0.4, 0.5) is 10.5 Å². The number of benzene rings is 1. The molecule has 1 N–H and O–H groups in total. The number of aromatic nitrogens is 2. The number of halogens is 1. The first-order chi connectivity index (χ1) is 11.6. The van der Waals surface area contributed by atoms with Crippen molar-refractivity contribution < 1.29 is 14.1 Å². The lowest BCUT2D eigenvalue weighted by Gasteiger charge is -2.33. The Bertz CT molecular complexity index is 734. The minimum Gasteiger partial charge on any atom is -0.495 e. The van der Waals surface area contributed by atoms with Crippen molar-refractivity contribution in [3.63, 3.8) is 0 Å². The first-order valence-electron chi connectivity index (χ1n) is 7.80. The van der Waals surface area contributed by atoms with E-state index in [1.54, 1.807) is 37.1 Å². The van der Waals surface area contributed by atoms with Gasteiger partial charge < -0.3 is 19.5 Å². The van der Waals surface area contributed by atoms with E-state index in [0.29, 0.717) is 34.7 Å². The van der Waals surface area contributed by atoms with Gasteiger partial charge in [0.15, 0.2) is 5.82 Å². The minimum absolute atomic E-state index is 0.217. The van der Waals surface area contributed by atoms with Crippen molar-refractivity contribution in [2.24, 2.45) is 0 Å². The van der Waals surface area contributed by atoms with Gasteiger partial charge in [0.05, 0.1) is 12.8 Å². The molecule has 8 heteroatoms. The lowest BCUT2D eigenvalue weighted by Crippen LogP contribution is -2.41. The number of nitrogens with zero attached hydrogens (tertiary/aromatic N) is 3. The second-order valence-electron chi connectivity index (χ2n) is 5.66. The zero-order valence-electron chi connectivity index (χ0n) is 13.6. The maximum absolute atomic E-state index is 12.8. The molecule has 1 atom stereocenters. The van der Waals surface area contributed by atoms with Crippen molar-refractivity contribution in [3.8, 4) is 5.75 Å². The van der Waals surface area contributed by atoms with Gasteiger partial charge in [0.2, 0.25) is 5.89 Å². The van der Waals surface area contributed by atoms with Crippen molar-refractivity contribution in [1.29, 1.82) is 0 Å². The normalized spacial score (nSPS) is 17.6. The highest BCUT2D eigenvalue weighted by molar-refractivity contribution is 6.31.